The summed E-state index contributed by atoms with van der Waals surface area (Å²) >= 11 is 17.0. The average molecular weight is 493 g/mol. The van der Waals surface area contributed by atoms with Gasteiger partial charge in [0.2, 0.25) is 3.79 Å². The van der Waals surface area contributed by atoms with E-state index < -0.39 is 9.89 Å². The summed E-state index contributed by atoms with van der Waals surface area (Å²) in [4.78, 5) is 36.7. The lowest BCUT2D eigenvalue weighted by molar-refractivity contribution is -0.134. The fourth-order valence-corrected chi connectivity index (χ4v) is 2.93. The van der Waals surface area contributed by atoms with Gasteiger partial charge in [0.15, 0.2) is 0 Å². The van der Waals surface area contributed by atoms with Gasteiger partial charge in [-0.05, 0) is 63.8 Å². The van der Waals surface area contributed by atoms with Crippen LogP contribution in [0.5, 0.6) is 0 Å². The minimum absolute atomic E-state index is 0.352. The van der Waals surface area contributed by atoms with E-state index in [4.69, 9.17) is 49.0 Å². The molecule has 0 fully saturated rings. The summed E-state index contributed by atoms with van der Waals surface area (Å²) in [5.41, 5.74) is 1.10. The molecule has 0 bridgehead atoms. The maximum absolute atomic E-state index is 12.4. The maximum Gasteiger partial charge on any atom is 0.409 e. The molecule has 0 unspecified atom stereocenters. The zero-order valence-electron chi connectivity index (χ0n) is 17.3. The Morgan fingerprint density at radius 3 is 1.77 bits per heavy atom. The molecule has 0 aromatic carbocycles. The van der Waals surface area contributed by atoms with Crippen molar-refractivity contribution >= 4 is 52.8 Å². The van der Waals surface area contributed by atoms with Crippen LogP contribution >= 0.6 is 34.8 Å². The zero-order chi connectivity index (χ0) is 23.0. The van der Waals surface area contributed by atoms with Crippen LogP contribution in [0.3, 0.4) is 0 Å². The quantitative estimate of drug-likeness (QED) is 0.192. The fourth-order valence-electron chi connectivity index (χ4n) is 2.76. The molecule has 2 heterocycles. The fraction of sp³-hybridized carbons (Fsp3) is 0.476. The Hall–Kier alpha value is -1.96. The summed E-state index contributed by atoms with van der Waals surface area (Å²) in [7, 11) is 0. The molecule has 2 aliphatic heterocycles. The van der Waals surface area contributed by atoms with Gasteiger partial charge in [-0.1, -0.05) is 34.8 Å². The van der Waals surface area contributed by atoms with Gasteiger partial charge in [0.1, 0.15) is 18.1 Å². The first-order valence-corrected chi connectivity index (χ1v) is 10.9. The van der Waals surface area contributed by atoms with Crippen molar-refractivity contribution in [1.82, 2.24) is 4.90 Å². The molecule has 10 heteroatoms. The van der Waals surface area contributed by atoms with E-state index in [2.05, 4.69) is 0 Å². The molecule has 0 radical (unpaired) electrons. The van der Waals surface area contributed by atoms with Gasteiger partial charge in [0.05, 0.1) is 0 Å². The molecular weight excluding hydrogens is 469 g/mol. The van der Waals surface area contributed by atoms with Crippen LogP contribution in [0.25, 0.3) is 0 Å². The Kier molecular flexibility index (Phi) is 9.47. The molecule has 2 rings (SSSR count). The smallest absolute Gasteiger partial charge is 0.409 e. The molecule has 0 N–H and O–H groups in total. The van der Waals surface area contributed by atoms with Crippen LogP contribution in [0, 0.1) is 0 Å². The highest BCUT2D eigenvalue weighted by molar-refractivity contribution is 6.67. The number of ether oxygens (including phenoxy) is 3. The van der Waals surface area contributed by atoms with Crippen molar-refractivity contribution in [3.63, 3.8) is 0 Å². The molecule has 0 saturated carbocycles. The van der Waals surface area contributed by atoms with E-state index in [0.29, 0.717) is 61.4 Å². The normalized spacial score (nSPS) is 18.7. The van der Waals surface area contributed by atoms with Crippen LogP contribution in [-0.2, 0) is 23.8 Å². The second kappa shape index (κ2) is 11.6. The number of esters is 2. The summed E-state index contributed by atoms with van der Waals surface area (Å²) in [5, 5.41) is 0. The Morgan fingerprint density at radius 2 is 1.42 bits per heavy atom. The number of nitrogens with zero attached hydrogens (tertiary/aromatic N) is 1. The number of rotatable bonds is 9. The van der Waals surface area contributed by atoms with Crippen molar-refractivity contribution in [3.05, 3.63) is 47.0 Å². The lowest BCUT2D eigenvalue weighted by Gasteiger charge is -2.23. The highest BCUT2D eigenvalue weighted by Crippen LogP contribution is 2.26. The van der Waals surface area contributed by atoms with Gasteiger partial charge in [0, 0.05) is 24.2 Å². The number of hydrogen-bond donors (Lipinski definition) is 0. The largest absolute Gasteiger partial charge is 0.445 e. The number of alkyl halides is 3. The monoisotopic (exact) mass is 491 g/mol. The van der Waals surface area contributed by atoms with Crippen molar-refractivity contribution < 1.29 is 28.6 Å². The lowest BCUT2D eigenvalue weighted by Crippen LogP contribution is -2.35. The molecule has 2 aliphatic rings. The topological polar surface area (TPSA) is 82.1 Å². The van der Waals surface area contributed by atoms with E-state index in [-0.39, 0.29) is 18.5 Å². The maximum atomic E-state index is 12.4. The number of unbranched alkanes of at least 4 members (excludes halogenated alkanes) is 2. The van der Waals surface area contributed by atoms with Gasteiger partial charge in [0.25, 0.3) is 0 Å². The van der Waals surface area contributed by atoms with Crippen LogP contribution in [0.15, 0.2) is 47.0 Å². The van der Waals surface area contributed by atoms with E-state index >= 15 is 0 Å². The van der Waals surface area contributed by atoms with Crippen molar-refractivity contribution in [3.8, 4) is 0 Å². The number of amides is 1. The molecule has 0 aromatic rings. The molecule has 0 saturated heterocycles. The Morgan fingerprint density at radius 1 is 0.968 bits per heavy atom. The Labute approximate surface area is 196 Å². The second-order valence-electron chi connectivity index (χ2n) is 7.09. The summed E-state index contributed by atoms with van der Waals surface area (Å²) in [6, 6.07) is 0. The summed E-state index contributed by atoms with van der Waals surface area (Å²) < 4.78 is 13.6. The van der Waals surface area contributed by atoms with Gasteiger partial charge >= 0.3 is 18.0 Å². The molecule has 1 amide bonds. The van der Waals surface area contributed by atoms with Crippen LogP contribution in [-0.4, -0.2) is 46.4 Å². The summed E-state index contributed by atoms with van der Waals surface area (Å²) in [5.74, 6) is 0.313. The zero-order valence-corrected chi connectivity index (χ0v) is 19.6. The Bertz CT molecular complexity index is 785. The van der Waals surface area contributed by atoms with E-state index in [1.807, 2.05) is 0 Å². The summed E-state index contributed by atoms with van der Waals surface area (Å²) in [6.45, 7) is 3.82. The third-order valence-corrected chi connectivity index (χ3v) is 4.68. The minimum Gasteiger partial charge on any atom is -0.445 e. The predicted octanol–water partition coefficient (Wildman–Crippen LogP) is 5.13. The highest BCUT2D eigenvalue weighted by atomic mass is 35.6. The van der Waals surface area contributed by atoms with E-state index in [1.165, 1.54) is 4.90 Å². The SMILES string of the molecule is CC1=C/C(=C/CCCN(CCC/C=C2/C=C(C)C(=O)O2)C(=O)OCC(Cl)(Cl)Cl)OC1=O. The molecule has 7 nitrogen and oxygen atoms in total. The number of halogens is 3. The number of carbonyl (C=O) groups is 3. The van der Waals surface area contributed by atoms with E-state index in [1.54, 1.807) is 38.2 Å². The van der Waals surface area contributed by atoms with Gasteiger partial charge in [-0.15, -0.1) is 0 Å². The van der Waals surface area contributed by atoms with Crippen LogP contribution in [0.4, 0.5) is 4.79 Å². The van der Waals surface area contributed by atoms with Gasteiger partial charge in [-0.3, -0.25) is 0 Å². The third kappa shape index (κ3) is 8.97. The predicted molar refractivity (Wildman–Crippen MR) is 118 cm³/mol. The lowest BCUT2D eigenvalue weighted by atomic mass is 10.2. The molecular formula is C21H24Cl3NO6. The number of allylic oxidation sites excluding steroid dienone is 4. The first-order valence-electron chi connectivity index (χ1n) is 9.75. The molecule has 170 valence electrons. The van der Waals surface area contributed by atoms with Crippen LogP contribution in [0.1, 0.15) is 39.5 Å². The van der Waals surface area contributed by atoms with Crippen molar-refractivity contribution in [2.75, 3.05) is 19.7 Å². The molecule has 0 atom stereocenters. The Balaban J connectivity index is 1.84. The average Bonchev–Trinajstić information content (AvgIpc) is 3.18. The second-order valence-corrected chi connectivity index (χ2v) is 9.60. The molecule has 31 heavy (non-hydrogen) atoms. The summed E-state index contributed by atoms with van der Waals surface area (Å²) in [6.07, 6.45) is 8.81. The van der Waals surface area contributed by atoms with Gasteiger partial charge in [-0.25, -0.2) is 14.4 Å². The highest BCUT2D eigenvalue weighted by Gasteiger charge is 2.24. The number of carbonyl (C=O) groups excluding carboxylic acids is 3. The van der Waals surface area contributed by atoms with E-state index in [0.717, 1.165) is 0 Å². The van der Waals surface area contributed by atoms with Crippen molar-refractivity contribution in [2.24, 2.45) is 0 Å². The number of cyclic esters (lactones) is 2. The molecule has 0 aliphatic carbocycles. The van der Waals surface area contributed by atoms with E-state index in [9.17, 15) is 14.4 Å². The van der Waals surface area contributed by atoms with Gasteiger partial charge < -0.3 is 19.1 Å². The minimum atomic E-state index is -1.69. The van der Waals surface area contributed by atoms with Crippen molar-refractivity contribution in [2.45, 2.75) is 43.3 Å². The number of hydrogen-bond acceptors (Lipinski definition) is 6. The van der Waals surface area contributed by atoms with Gasteiger partial charge in [-0.2, -0.15) is 0 Å². The first-order chi connectivity index (χ1) is 14.5. The molecule has 0 spiro atoms. The van der Waals surface area contributed by atoms with Crippen LogP contribution in [0.2, 0.25) is 0 Å². The van der Waals surface area contributed by atoms with Crippen LogP contribution < -0.4 is 0 Å². The first kappa shape index (κ1) is 25.3. The third-order valence-electron chi connectivity index (χ3n) is 4.36. The van der Waals surface area contributed by atoms with Crippen molar-refractivity contribution in [1.29, 1.82) is 0 Å². The standard InChI is InChI=1S/C21H24Cl3NO6/c1-14-11-16(30-18(14)26)7-3-5-9-25(20(28)29-13-21(22,23)24)10-6-4-8-17-12-15(2)19(27)31-17/h7-8,11-12H,3-6,9-10,13H2,1-2H3/b16-7-,17-8-. The molecule has 0 aromatic heterocycles.